The summed E-state index contributed by atoms with van der Waals surface area (Å²) < 4.78 is 58.4. The van der Waals surface area contributed by atoms with E-state index in [-0.39, 0.29) is 96.8 Å². The van der Waals surface area contributed by atoms with Gasteiger partial charge in [0.05, 0.1) is 25.2 Å². The highest BCUT2D eigenvalue weighted by atomic mass is 31.2. The zero-order chi connectivity index (χ0) is 95.8. The number of nitrogens with one attached hydrogen (secondary N) is 1. The minimum Gasteiger partial charge on any atom is -0.478 e. The Morgan fingerprint density at radius 1 is 0.440 bits per heavy atom. The average molecular weight is 1790 g/mol. The molecule has 7 aliphatic heterocycles. The summed E-state index contributed by atoms with van der Waals surface area (Å²) >= 11 is 0. The van der Waals surface area contributed by atoms with Crippen LogP contribution in [-0.4, -0.2) is 251 Å². The predicted molar refractivity (Wildman–Crippen MR) is 477 cm³/mol. The molecule has 8 amide bonds. The van der Waals surface area contributed by atoms with Gasteiger partial charge in [-0.25, -0.2) is 38.4 Å². The van der Waals surface area contributed by atoms with E-state index in [0.29, 0.717) is 113 Å². The fourth-order valence-corrected chi connectivity index (χ4v) is 14.2. The Kier molecular flexibility index (Phi) is 49.4. The van der Waals surface area contributed by atoms with Gasteiger partial charge in [-0.3, -0.25) is 33.4 Å². The molecule has 7 heterocycles. The fraction of sp³-hybridized carbons (Fsp3) is 0.717. The molecule has 710 valence electrons. The fourth-order valence-electron chi connectivity index (χ4n) is 12.5. The summed E-state index contributed by atoms with van der Waals surface area (Å²) in [7, 11) is -3.22. The molecule has 33 heteroatoms. The average Bonchev–Trinajstić information content (AvgIpc) is 0.839. The van der Waals surface area contributed by atoms with Gasteiger partial charge in [0, 0.05) is 107 Å². The first-order chi connectivity index (χ1) is 57.7. The second kappa shape index (κ2) is 54.2. The number of allylic oxidation sites excluding steroid dienone is 4. The largest absolute Gasteiger partial charge is 0.478 e. The van der Waals surface area contributed by atoms with Crippen molar-refractivity contribution in [2.75, 3.05) is 98.4 Å². The van der Waals surface area contributed by atoms with E-state index in [1.807, 2.05) is 128 Å². The van der Waals surface area contributed by atoms with Crippen molar-refractivity contribution >= 4 is 91.7 Å². The molecule has 7 rings (SSSR count). The highest BCUT2D eigenvalue weighted by Gasteiger charge is 2.37. The minimum atomic E-state index is -3.22. The first-order valence-corrected chi connectivity index (χ1v) is 45.4. The van der Waals surface area contributed by atoms with Gasteiger partial charge in [-0.15, -0.1) is 0 Å². The van der Waals surface area contributed by atoms with Crippen LogP contribution in [0.3, 0.4) is 0 Å². The van der Waals surface area contributed by atoms with Gasteiger partial charge in [0.1, 0.15) is 45.7 Å². The van der Waals surface area contributed by atoms with Crippen molar-refractivity contribution in [2.24, 2.45) is 35.0 Å². The van der Waals surface area contributed by atoms with Crippen LogP contribution < -0.4 is 5.32 Å². The van der Waals surface area contributed by atoms with E-state index in [0.717, 1.165) is 83.5 Å². The number of carboxylic acid groups (broad SMARTS) is 1. The zero-order valence-corrected chi connectivity index (χ0v) is 81.0. The van der Waals surface area contributed by atoms with Crippen LogP contribution in [0.5, 0.6) is 0 Å². The number of likely N-dealkylation sites (tertiary alicyclic amines) is 5. The molecular formula is C92H152N7O25P. The molecular weight excluding hydrogens is 1630 g/mol. The molecule has 0 aromatic rings. The number of aldehydes is 1. The highest BCUT2D eigenvalue weighted by Crippen LogP contribution is 2.53. The van der Waals surface area contributed by atoms with Gasteiger partial charge in [-0.2, -0.15) is 0 Å². The Labute approximate surface area is 743 Å². The number of hydrogen-bond donors (Lipinski definition) is 2. The normalized spacial score (nSPS) is 18.0. The Bertz CT molecular complexity index is 3770. The summed E-state index contributed by atoms with van der Waals surface area (Å²) in [4.78, 5) is 171. The number of rotatable bonds is 16. The van der Waals surface area contributed by atoms with Crippen LogP contribution in [0.2, 0.25) is 0 Å². The molecule has 1 unspecified atom stereocenters. The summed E-state index contributed by atoms with van der Waals surface area (Å²) in [5.41, 5.74) is -1.74. The number of ether oxygens (including phenoxy) is 7. The van der Waals surface area contributed by atoms with Crippen molar-refractivity contribution in [3.63, 3.8) is 0 Å². The van der Waals surface area contributed by atoms with Crippen molar-refractivity contribution < 1.29 is 119 Å². The van der Waals surface area contributed by atoms with Crippen LogP contribution in [0.15, 0.2) is 70.9 Å². The molecule has 5 saturated heterocycles. The molecule has 0 radical (unpaired) electrons. The number of carbonyl (C=O) groups excluding carboxylic acids is 13. The number of amides is 8. The van der Waals surface area contributed by atoms with Crippen molar-refractivity contribution in [1.82, 2.24) is 34.7 Å². The molecule has 7 aliphatic rings. The number of esters is 3. The topological polar surface area (TPSA) is 391 Å². The Hall–Kier alpha value is -9.03. The third-order valence-corrected chi connectivity index (χ3v) is 21.9. The van der Waals surface area contributed by atoms with Crippen LogP contribution in [0.25, 0.3) is 0 Å². The second-order valence-corrected chi connectivity index (χ2v) is 40.0. The molecule has 0 spiro atoms. The van der Waals surface area contributed by atoms with Gasteiger partial charge in [0.15, 0.2) is 0 Å². The van der Waals surface area contributed by atoms with Crippen LogP contribution in [0, 0.1) is 35.0 Å². The third-order valence-electron chi connectivity index (χ3n) is 19.3. The van der Waals surface area contributed by atoms with Crippen LogP contribution in [0.1, 0.15) is 264 Å². The van der Waals surface area contributed by atoms with Crippen LogP contribution >= 0.6 is 7.60 Å². The highest BCUT2D eigenvalue weighted by molar-refractivity contribution is 7.55. The van der Waals surface area contributed by atoms with Crippen molar-refractivity contribution in [2.45, 2.75) is 298 Å². The lowest BCUT2D eigenvalue weighted by Crippen LogP contribution is -2.42. The van der Waals surface area contributed by atoms with Gasteiger partial charge >= 0.3 is 61.9 Å². The number of imide groups is 1. The van der Waals surface area contributed by atoms with E-state index < -0.39 is 64.6 Å². The minimum absolute atomic E-state index is 0.0336. The Balaban J connectivity index is 0.000000746. The lowest BCUT2D eigenvalue weighted by molar-refractivity contribution is -0.163. The van der Waals surface area contributed by atoms with Gasteiger partial charge in [-0.1, -0.05) is 36.5 Å². The molecule has 2 N–H and O–H groups in total. The lowest BCUT2D eigenvalue weighted by atomic mass is 9.94. The Morgan fingerprint density at radius 3 is 0.992 bits per heavy atom. The molecule has 0 aromatic carbocycles. The number of carboxylic acids is 1. The van der Waals surface area contributed by atoms with Crippen LogP contribution in [0.4, 0.5) is 24.0 Å². The van der Waals surface area contributed by atoms with E-state index in [4.69, 9.17) is 47.3 Å². The predicted octanol–water partition coefficient (Wildman–Crippen LogP) is 16.5. The molecule has 32 nitrogen and oxygen atoms in total. The SMILES string of the molecule is C/C(=C\C1CCN(C(=O)OC(C)(C)C)CC1)C(=O)N1CCC=CC1=O.C/C(=C\C1CCN(C(=O)OC(C)(C)C)CC1)C(=O)O.C/C(=C\C1CCN(C(=O)OC(C)(C)C)CC1)C(=O)OC(=O)C(C)(C)C.CC(C)(C)OC(=O)N1CCC(C=O)CC1.CCOC(=O)/C(C)=C/C1CCN(C(=O)OC(C)(C)C)CC1.CCOP(=O)(OCC)C(C)C(C)=O.O=C1C=CCCN1. The monoisotopic (exact) mass is 1790 g/mol. The van der Waals surface area contributed by atoms with E-state index in [9.17, 15) is 71.7 Å². The molecule has 125 heavy (non-hydrogen) atoms. The first-order valence-electron chi connectivity index (χ1n) is 43.8. The molecule has 0 aromatic heterocycles. The number of aliphatic carboxylic acids is 1. The molecule has 0 saturated carbocycles. The quantitative estimate of drug-likeness (QED) is 0.0362. The second-order valence-electron chi connectivity index (χ2n) is 37.6. The van der Waals surface area contributed by atoms with Crippen molar-refractivity contribution in [1.29, 1.82) is 0 Å². The lowest BCUT2D eigenvalue weighted by Gasteiger charge is -2.32. The molecule has 0 bridgehead atoms. The van der Waals surface area contributed by atoms with E-state index in [1.165, 1.54) is 17.9 Å². The summed E-state index contributed by atoms with van der Waals surface area (Å²) in [6.07, 6.45) is 23.3. The summed E-state index contributed by atoms with van der Waals surface area (Å²) in [5, 5.41) is 11.5. The number of ketones is 1. The van der Waals surface area contributed by atoms with E-state index >= 15 is 0 Å². The maximum Gasteiger partial charge on any atom is 0.410 e. The maximum absolute atomic E-state index is 12.4. The summed E-state index contributed by atoms with van der Waals surface area (Å²) in [5.74, 6) is -1.81. The number of hydrogen-bond acceptors (Lipinski definition) is 24. The third kappa shape index (κ3) is 48.5. The standard InChI is InChI=1S/C19H28N2O4.C19H31NO5.C16H27NO4.C14H23NO4.C11H19NO3.C8H17O4P.C5H7NO/c1-14(17(23)21-10-6-5-7-16(21)22)13-15-8-11-20(12-9-15)18(24)25-19(2,3)4;1-13(15(21)24-16(22)18(2,3)4)12-14-8-10-20(11-9-14)17(23)25-19(5,6)7;1-6-20-14(18)12(2)11-13-7-9-17(10-8-13)15(19)21-16(3,4)5;1-10(12(16)17)9-11-5-7-15(8-6-11)13(18)19-14(2,3)4;1-11(2,3)15-10(14)12-6-4-9(8-13)5-7-12;1-5-11-13(10,12-6-2)8(4)7(3)9;7-5-3-1-2-4-6-5/h5,7,13,15H,6,8-12H2,1-4H3;12,14H,8-11H2,1-7H3;11,13H,6-10H2,1-5H3;9,11H,5-8H2,1-4H3,(H,16,17);8-9H,4-7H2,1-3H3;8H,5-6H2,1-4H3;1,3H,2,4H2,(H,6,7)/b14-13+;13-12+;12-11+;10-9+;;;. The maximum atomic E-state index is 12.4. The van der Waals surface area contributed by atoms with Crippen molar-refractivity contribution in [3.8, 4) is 0 Å². The van der Waals surface area contributed by atoms with E-state index in [2.05, 4.69) is 5.32 Å². The van der Waals surface area contributed by atoms with Crippen molar-refractivity contribution in [3.05, 3.63) is 70.9 Å². The first kappa shape index (κ1) is 114. The Morgan fingerprint density at radius 2 is 0.744 bits per heavy atom. The molecule has 0 aliphatic carbocycles. The van der Waals surface area contributed by atoms with Gasteiger partial charge in [-0.05, 0) is 300 Å². The van der Waals surface area contributed by atoms with Gasteiger partial charge in [0.2, 0.25) is 5.91 Å². The number of nitrogens with zero attached hydrogens (tertiary/aromatic N) is 6. The number of carbonyl (C=O) groups is 14. The van der Waals surface area contributed by atoms with E-state index in [1.54, 1.807) is 119 Å². The van der Waals surface area contributed by atoms with Gasteiger partial charge in [0.25, 0.3) is 11.8 Å². The smallest absolute Gasteiger partial charge is 0.410 e. The summed E-state index contributed by atoms with van der Waals surface area (Å²) in [6.45, 7) is 56.2. The molecule has 5 fully saturated rings. The zero-order valence-electron chi connectivity index (χ0n) is 80.1. The van der Waals surface area contributed by atoms with Gasteiger partial charge < -0.3 is 81.9 Å². The number of Topliss-reactive ketones (excluding diaryl/α,β-unsaturated/α-hetero) is 1. The molecule has 1 atom stereocenters. The summed E-state index contributed by atoms with van der Waals surface area (Å²) in [6, 6.07) is 0. The van der Waals surface area contributed by atoms with Crippen LogP contribution in [-0.2, 0) is 89.9 Å². The number of piperidine rings is 5.